The molecule has 0 saturated heterocycles. The molecule has 0 fully saturated rings. The number of nitrogens with two attached hydrogens (primary N) is 1. The molecule has 0 atom stereocenters. The fourth-order valence-electron chi connectivity index (χ4n) is 2.15. The maximum Gasteiger partial charge on any atom is 0.181 e. The minimum Gasteiger partial charge on any atom is -0.383 e. The molecule has 0 aliphatic carbocycles. The Hall–Kier alpha value is -1.80. The van der Waals surface area contributed by atoms with Crippen LogP contribution in [0.3, 0.4) is 0 Å². The maximum atomic E-state index is 5.99. The van der Waals surface area contributed by atoms with Crippen molar-refractivity contribution in [2.24, 2.45) is 0 Å². The molecule has 3 rings (SSSR count). The molecule has 0 spiro atoms. The van der Waals surface area contributed by atoms with Crippen molar-refractivity contribution in [2.45, 2.75) is 6.61 Å². The van der Waals surface area contributed by atoms with Crippen molar-refractivity contribution in [3.63, 3.8) is 0 Å². The van der Waals surface area contributed by atoms with Crippen molar-refractivity contribution in [1.29, 1.82) is 0 Å². The van der Waals surface area contributed by atoms with Gasteiger partial charge in [-0.3, -0.25) is 4.98 Å². The summed E-state index contributed by atoms with van der Waals surface area (Å²) in [6, 6.07) is 9.97. The molecular formula is C15H13IN4O. The molecule has 0 unspecified atom stereocenters. The van der Waals surface area contributed by atoms with Crippen LogP contribution < -0.4 is 5.73 Å². The number of fused-ring (bicyclic) bond motifs is 1. The summed E-state index contributed by atoms with van der Waals surface area (Å²) in [5.41, 5.74) is 7.49. The number of ether oxygens (including phenoxy) is 1. The lowest BCUT2D eigenvalue weighted by Crippen LogP contribution is -2.06. The molecular weight excluding hydrogens is 379 g/mol. The van der Waals surface area contributed by atoms with Crippen LogP contribution in [0.1, 0.15) is 5.69 Å². The standard InChI is InChI=1S/C15H13IN4O/c1-21-8-11-12(16)14(17)20-15(19-11)13-10-5-3-2-4-9(10)6-7-18-13/h2-7H,8H2,1H3,(H2,17,19,20). The van der Waals surface area contributed by atoms with Crippen LogP contribution in [0, 0.1) is 3.57 Å². The quantitative estimate of drug-likeness (QED) is 0.694. The van der Waals surface area contributed by atoms with E-state index in [1.807, 2.05) is 30.3 Å². The highest BCUT2D eigenvalue weighted by molar-refractivity contribution is 14.1. The fraction of sp³-hybridized carbons (Fsp3) is 0.133. The topological polar surface area (TPSA) is 73.9 Å². The predicted molar refractivity (Wildman–Crippen MR) is 90.6 cm³/mol. The molecule has 0 aliphatic rings. The van der Waals surface area contributed by atoms with Crippen LogP contribution in [0.2, 0.25) is 0 Å². The van der Waals surface area contributed by atoms with E-state index in [-0.39, 0.29) is 0 Å². The number of rotatable bonds is 3. The smallest absolute Gasteiger partial charge is 0.181 e. The molecule has 2 aromatic heterocycles. The molecule has 5 nitrogen and oxygen atoms in total. The van der Waals surface area contributed by atoms with Gasteiger partial charge in [-0.25, -0.2) is 9.97 Å². The maximum absolute atomic E-state index is 5.99. The predicted octanol–water partition coefficient (Wildman–Crippen LogP) is 3.03. The van der Waals surface area contributed by atoms with Gasteiger partial charge in [-0.2, -0.15) is 0 Å². The largest absolute Gasteiger partial charge is 0.383 e. The van der Waals surface area contributed by atoms with Crippen LogP contribution in [0.4, 0.5) is 5.82 Å². The number of hydrogen-bond donors (Lipinski definition) is 1. The van der Waals surface area contributed by atoms with E-state index < -0.39 is 0 Å². The zero-order valence-electron chi connectivity index (χ0n) is 11.4. The lowest BCUT2D eigenvalue weighted by atomic mass is 10.1. The minimum absolute atomic E-state index is 0.392. The number of nitrogen functional groups attached to an aromatic ring is 1. The van der Waals surface area contributed by atoms with E-state index in [0.29, 0.717) is 18.2 Å². The lowest BCUT2D eigenvalue weighted by molar-refractivity contribution is 0.181. The summed E-state index contributed by atoms with van der Waals surface area (Å²) in [4.78, 5) is 13.4. The van der Waals surface area contributed by atoms with Gasteiger partial charge in [0.1, 0.15) is 11.5 Å². The lowest BCUT2D eigenvalue weighted by Gasteiger charge is -2.09. The van der Waals surface area contributed by atoms with Crippen molar-refractivity contribution in [2.75, 3.05) is 12.8 Å². The molecule has 1 aromatic carbocycles. The van der Waals surface area contributed by atoms with Gasteiger partial charge in [0.15, 0.2) is 5.82 Å². The van der Waals surface area contributed by atoms with Crippen molar-refractivity contribution in [3.8, 4) is 11.5 Å². The summed E-state index contributed by atoms with van der Waals surface area (Å²) >= 11 is 2.13. The average molecular weight is 392 g/mol. The summed E-state index contributed by atoms with van der Waals surface area (Å²) in [7, 11) is 1.63. The highest BCUT2D eigenvalue weighted by atomic mass is 127. The first-order chi connectivity index (χ1) is 10.2. The van der Waals surface area contributed by atoms with Crippen LogP contribution in [0.15, 0.2) is 36.5 Å². The van der Waals surface area contributed by atoms with E-state index >= 15 is 0 Å². The number of nitrogens with zero attached hydrogens (tertiary/aromatic N) is 3. The van der Waals surface area contributed by atoms with Gasteiger partial charge in [0.25, 0.3) is 0 Å². The first-order valence-corrected chi connectivity index (χ1v) is 7.43. The summed E-state index contributed by atoms with van der Waals surface area (Å²) in [6.07, 6.45) is 1.76. The number of hydrogen-bond acceptors (Lipinski definition) is 5. The molecule has 2 N–H and O–H groups in total. The van der Waals surface area contributed by atoms with E-state index in [0.717, 1.165) is 25.7 Å². The summed E-state index contributed by atoms with van der Waals surface area (Å²) in [6.45, 7) is 0.392. The second-order valence-electron chi connectivity index (χ2n) is 4.51. The zero-order chi connectivity index (χ0) is 14.8. The third-order valence-electron chi connectivity index (χ3n) is 3.11. The number of methoxy groups -OCH3 is 1. The molecule has 0 saturated carbocycles. The Morgan fingerprint density at radius 1 is 1.19 bits per heavy atom. The van der Waals surface area contributed by atoms with E-state index in [9.17, 15) is 0 Å². The van der Waals surface area contributed by atoms with Gasteiger partial charge in [0, 0.05) is 18.7 Å². The Balaban J connectivity index is 2.23. The Kier molecular flexibility index (Phi) is 3.98. The van der Waals surface area contributed by atoms with E-state index in [2.05, 4.69) is 37.5 Å². The first-order valence-electron chi connectivity index (χ1n) is 6.35. The third kappa shape index (κ3) is 2.68. The molecule has 0 bridgehead atoms. The minimum atomic E-state index is 0.392. The number of halogens is 1. The van der Waals surface area contributed by atoms with Crippen LogP contribution in [-0.2, 0) is 11.3 Å². The summed E-state index contributed by atoms with van der Waals surface area (Å²) in [5.74, 6) is 0.971. The normalized spacial score (nSPS) is 11.0. The van der Waals surface area contributed by atoms with Crippen molar-refractivity contribution < 1.29 is 4.74 Å². The number of anilines is 1. The Morgan fingerprint density at radius 2 is 2.00 bits per heavy atom. The molecule has 0 amide bonds. The number of aromatic nitrogens is 3. The fourth-order valence-corrected chi connectivity index (χ4v) is 2.55. The average Bonchev–Trinajstić information content (AvgIpc) is 2.51. The molecule has 2 heterocycles. The second-order valence-corrected chi connectivity index (χ2v) is 5.59. The first kappa shape index (κ1) is 14.2. The summed E-state index contributed by atoms with van der Waals surface area (Å²) < 4.78 is 5.99. The van der Waals surface area contributed by atoms with Crippen molar-refractivity contribution in [1.82, 2.24) is 15.0 Å². The van der Waals surface area contributed by atoms with Crippen LogP contribution in [-0.4, -0.2) is 22.1 Å². The third-order valence-corrected chi connectivity index (χ3v) is 4.29. The monoisotopic (exact) mass is 392 g/mol. The highest BCUT2D eigenvalue weighted by Crippen LogP contribution is 2.26. The van der Waals surface area contributed by atoms with Gasteiger partial charge < -0.3 is 10.5 Å². The molecule has 6 heteroatoms. The van der Waals surface area contributed by atoms with Gasteiger partial charge in [-0.1, -0.05) is 24.3 Å². The van der Waals surface area contributed by atoms with Crippen LogP contribution >= 0.6 is 22.6 Å². The molecule has 3 aromatic rings. The van der Waals surface area contributed by atoms with Gasteiger partial charge in [0.2, 0.25) is 0 Å². The van der Waals surface area contributed by atoms with Crippen LogP contribution in [0.25, 0.3) is 22.3 Å². The zero-order valence-corrected chi connectivity index (χ0v) is 13.5. The number of pyridine rings is 1. The van der Waals surface area contributed by atoms with Crippen molar-refractivity contribution >= 4 is 39.2 Å². The second kappa shape index (κ2) is 5.90. The van der Waals surface area contributed by atoms with E-state index in [1.165, 1.54) is 0 Å². The molecule has 0 aliphatic heterocycles. The van der Waals surface area contributed by atoms with E-state index in [4.69, 9.17) is 10.5 Å². The number of benzene rings is 1. The highest BCUT2D eigenvalue weighted by Gasteiger charge is 2.14. The van der Waals surface area contributed by atoms with Gasteiger partial charge in [-0.15, -0.1) is 0 Å². The SMILES string of the molecule is COCc1nc(-c2nccc3ccccc23)nc(N)c1I. The van der Waals surface area contributed by atoms with Gasteiger partial charge in [-0.05, 0) is 34.0 Å². The van der Waals surface area contributed by atoms with Gasteiger partial charge in [0.05, 0.1) is 15.9 Å². The molecule has 21 heavy (non-hydrogen) atoms. The van der Waals surface area contributed by atoms with Gasteiger partial charge >= 0.3 is 0 Å². The Bertz CT molecular complexity index is 802. The molecule has 106 valence electrons. The van der Waals surface area contributed by atoms with Crippen molar-refractivity contribution in [3.05, 3.63) is 45.8 Å². The Labute approximate surface area is 135 Å². The van der Waals surface area contributed by atoms with E-state index in [1.54, 1.807) is 13.3 Å². The Morgan fingerprint density at radius 3 is 2.81 bits per heavy atom. The van der Waals surface area contributed by atoms with Crippen LogP contribution in [0.5, 0.6) is 0 Å². The molecule has 0 radical (unpaired) electrons. The summed E-state index contributed by atoms with van der Waals surface area (Å²) in [5, 5.41) is 2.10.